The van der Waals surface area contributed by atoms with Gasteiger partial charge in [0.25, 0.3) is 0 Å². The average molecular weight is 307 g/mol. The first kappa shape index (κ1) is 26.8. The van der Waals surface area contributed by atoms with Crippen molar-refractivity contribution in [1.82, 2.24) is 5.59 Å². The van der Waals surface area contributed by atoms with E-state index in [-0.39, 0.29) is 22.9 Å². The van der Waals surface area contributed by atoms with Gasteiger partial charge in [-0.1, -0.05) is 32.1 Å². The maximum absolute atomic E-state index is 10.9. The fourth-order valence-electron chi connectivity index (χ4n) is 1.70. The Hall–Kier alpha value is -0.731. The monoisotopic (exact) mass is 307 g/mol. The number of carbonyl (C=O) groups excluding carboxylic acids is 1. The van der Waals surface area contributed by atoms with Crippen LogP contribution in [-0.2, 0) is 31.2 Å². The summed E-state index contributed by atoms with van der Waals surface area (Å²) in [7, 11) is 0. The van der Waals surface area contributed by atoms with Crippen molar-refractivity contribution in [2.45, 2.75) is 39.0 Å². The Balaban J connectivity index is -0.000000142. The molecule has 1 rings (SSSR count). The summed E-state index contributed by atoms with van der Waals surface area (Å²) < 4.78 is 15.0. The van der Waals surface area contributed by atoms with Gasteiger partial charge in [0.1, 0.15) is 11.4 Å². The van der Waals surface area contributed by atoms with E-state index in [9.17, 15) is 4.79 Å². The molecular weight excluding hydrogens is 290 g/mol. The quantitative estimate of drug-likeness (QED) is 0.454. The summed E-state index contributed by atoms with van der Waals surface area (Å²) in [4.78, 5) is 18.1. The van der Waals surface area contributed by atoms with Crippen molar-refractivity contribution in [3.05, 3.63) is 37.5 Å². The Morgan fingerprint density at radius 3 is 1.84 bits per heavy atom. The van der Waals surface area contributed by atoms with E-state index in [0.29, 0.717) is 11.8 Å². The minimum absolute atomic E-state index is 0. The third-order valence-electron chi connectivity index (χ3n) is 2.54. The molecule has 106 valence electrons. The van der Waals surface area contributed by atoms with Crippen LogP contribution in [0.2, 0.25) is 0 Å². The van der Waals surface area contributed by atoms with Crippen LogP contribution < -0.4 is 5.59 Å². The van der Waals surface area contributed by atoms with Crippen LogP contribution in [0.3, 0.4) is 0 Å². The van der Waals surface area contributed by atoms with Crippen LogP contribution in [0.15, 0.2) is 0 Å². The Morgan fingerprint density at radius 1 is 1.16 bits per heavy atom. The van der Waals surface area contributed by atoms with Crippen molar-refractivity contribution < 1.29 is 31.2 Å². The van der Waals surface area contributed by atoms with Crippen LogP contribution in [0.25, 0.3) is 0 Å². The second-order valence-corrected chi connectivity index (χ2v) is 3.65. The molecule has 19 heavy (non-hydrogen) atoms. The first-order chi connectivity index (χ1) is 8.70. The van der Waals surface area contributed by atoms with Gasteiger partial charge in [-0.25, -0.2) is 0 Å². The Bertz CT molecular complexity index is 231. The van der Waals surface area contributed by atoms with E-state index >= 15 is 0 Å². The molecule has 1 fully saturated rings. The topological polar surface area (TPSA) is 96.2 Å². The zero-order valence-corrected chi connectivity index (χ0v) is 11.9. The van der Waals surface area contributed by atoms with E-state index in [1.807, 2.05) is 0 Å². The normalized spacial score (nSPS) is 13.0. The van der Waals surface area contributed by atoms with Crippen LogP contribution in [0.5, 0.6) is 0 Å². The molecule has 0 saturated heterocycles. The smallest absolute Gasteiger partial charge is 0.137 e. The minimum atomic E-state index is 0. The second kappa shape index (κ2) is 22.4. The van der Waals surface area contributed by atoms with Gasteiger partial charge in [-0.3, -0.25) is 4.79 Å². The Kier molecular flexibility index (Phi) is 31.6. The predicted molar refractivity (Wildman–Crippen MR) is 63.5 cm³/mol. The molecule has 0 amide bonds. The van der Waals surface area contributed by atoms with Crippen molar-refractivity contribution in [1.29, 1.82) is 0 Å². The number of Topliss-reactive ketones (excluding diaryl/α,β-unsaturated/α-hetero) is 1. The van der Waals surface area contributed by atoms with Crippen LogP contribution in [0, 0.1) is 43.4 Å². The van der Waals surface area contributed by atoms with Gasteiger partial charge in [0.15, 0.2) is 0 Å². The minimum Gasteiger partial charge on any atom is -0.299 e. The number of rotatable bonds is 3. The number of carbonyl (C=O) groups is 1. The van der Waals surface area contributed by atoms with E-state index in [1.165, 1.54) is 32.1 Å². The molecular formula is C13H17FeNO4. The van der Waals surface area contributed by atoms with E-state index < -0.39 is 0 Å². The number of nitrogens with zero attached hydrogens (tertiary/aromatic N) is 1. The zero-order chi connectivity index (χ0) is 15.0. The number of hydrogen-bond acceptors (Lipinski definition) is 2. The largest absolute Gasteiger partial charge is 0.299 e. The molecule has 4 radical (unpaired) electrons. The van der Waals surface area contributed by atoms with Gasteiger partial charge in [0, 0.05) is 23.0 Å². The molecule has 6 heteroatoms. The van der Waals surface area contributed by atoms with Crippen molar-refractivity contribution in [3.63, 3.8) is 0 Å². The van der Waals surface area contributed by atoms with Crippen LogP contribution in [-0.4, -0.2) is 5.78 Å². The van der Waals surface area contributed by atoms with Crippen molar-refractivity contribution in [2.75, 3.05) is 0 Å². The van der Waals surface area contributed by atoms with Gasteiger partial charge in [0.2, 0.25) is 0 Å². The molecule has 1 aliphatic rings. The molecule has 0 aromatic carbocycles. The summed E-state index contributed by atoms with van der Waals surface area (Å²) in [6, 6.07) is 0. The summed E-state index contributed by atoms with van der Waals surface area (Å²) >= 11 is 0. The Morgan fingerprint density at radius 2 is 1.53 bits per heavy atom. The van der Waals surface area contributed by atoms with Gasteiger partial charge < -0.3 is 0 Å². The van der Waals surface area contributed by atoms with Crippen LogP contribution >= 0.6 is 0 Å². The SMILES string of the molecule is [C-]#[O+].[C-]#[O+].[CH2][C]([CH]C1CCCCC1)C(C)=O.[Fe].[N]=O. The molecule has 0 aromatic rings. The van der Waals surface area contributed by atoms with Crippen molar-refractivity contribution in [2.24, 2.45) is 5.92 Å². The Labute approximate surface area is 125 Å². The van der Waals surface area contributed by atoms with Gasteiger partial charge in [-0.15, -0.1) is 4.91 Å². The van der Waals surface area contributed by atoms with Crippen LogP contribution in [0.4, 0.5) is 0 Å². The molecule has 1 saturated carbocycles. The van der Waals surface area contributed by atoms with Gasteiger partial charge >= 0.3 is 22.6 Å². The first-order valence-corrected chi connectivity index (χ1v) is 5.34. The van der Waals surface area contributed by atoms with E-state index in [4.69, 9.17) is 19.8 Å². The molecule has 0 unspecified atom stereocenters. The molecule has 5 nitrogen and oxygen atoms in total. The average Bonchev–Trinajstić information content (AvgIpc) is 2.46. The van der Waals surface area contributed by atoms with E-state index in [2.05, 4.69) is 26.6 Å². The summed E-state index contributed by atoms with van der Waals surface area (Å²) in [5, 5.41) is 0. The predicted octanol–water partition coefficient (Wildman–Crippen LogP) is 2.24. The van der Waals surface area contributed by atoms with Crippen LogP contribution in [0.1, 0.15) is 39.0 Å². The summed E-state index contributed by atoms with van der Waals surface area (Å²) in [6.07, 6.45) is 8.52. The first-order valence-electron chi connectivity index (χ1n) is 5.34. The number of ketones is 1. The molecule has 0 spiro atoms. The molecule has 0 aliphatic heterocycles. The molecule has 0 atom stereocenters. The number of hydrogen-bond donors (Lipinski definition) is 0. The molecule has 0 bridgehead atoms. The van der Waals surface area contributed by atoms with E-state index in [0.717, 1.165) is 0 Å². The van der Waals surface area contributed by atoms with Gasteiger partial charge in [0.05, 0.1) is 0 Å². The maximum atomic E-state index is 10.9. The van der Waals surface area contributed by atoms with Crippen molar-refractivity contribution >= 4 is 5.78 Å². The van der Waals surface area contributed by atoms with Gasteiger partial charge in [-0.05, 0) is 26.2 Å². The molecule has 0 aromatic heterocycles. The molecule has 0 N–H and O–H groups in total. The number of nitroso groups, excluding NO2 is 1. The second-order valence-electron chi connectivity index (χ2n) is 3.65. The summed E-state index contributed by atoms with van der Waals surface area (Å²) in [6.45, 7) is 14.3. The zero-order valence-electron chi connectivity index (χ0n) is 10.8. The standard InChI is InChI=1S/C11H17O.2CO.Fe.NO/c1-9(10(2)12)8-11-6-4-3-5-7-11;2*1-2;;1-2/h8,11H,1,3-7H2,2H3;;;;. The summed E-state index contributed by atoms with van der Waals surface area (Å²) in [5.41, 5.74) is 5.75. The summed E-state index contributed by atoms with van der Waals surface area (Å²) in [5.74, 6) is 1.43. The van der Waals surface area contributed by atoms with Gasteiger partial charge in [-0.2, -0.15) is 0 Å². The fourth-order valence-corrected chi connectivity index (χ4v) is 1.70. The molecule has 1 aliphatic carbocycles. The van der Waals surface area contributed by atoms with E-state index in [1.54, 1.807) is 6.92 Å². The fraction of sp³-hybridized carbons (Fsp3) is 0.538. The maximum Gasteiger partial charge on any atom is 0.137 e. The third kappa shape index (κ3) is 17.3. The van der Waals surface area contributed by atoms with Crippen molar-refractivity contribution in [3.8, 4) is 0 Å². The third-order valence-corrected chi connectivity index (χ3v) is 2.54. The molecule has 0 heterocycles.